The number of rotatable bonds is 3. The highest BCUT2D eigenvalue weighted by atomic mass is 32.2. The average Bonchev–Trinajstić information content (AvgIpc) is 2.27. The summed E-state index contributed by atoms with van der Waals surface area (Å²) in [5.41, 5.74) is 4.25. The molecule has 3 N–H and O–H groups in total. The number of hydrogen-bond donors (Lipinski definition) is 2. The largest absolute Gasteiger partial charge is 0.392 e. The second-order valence-corrected chi connectivity index (χ2v) is 6.30. The van der Waals surface area contributed by atoms with E-state index in [1.165, 1.54) is 4.31 Å². The molecule has 14 heavy (non-hydrogen) atoms. The molecule has 0 spiro atoms. The summed E-state index contributed by atoms with van der Waals surface area (Å²) in [5.74, 6) is -0.321. The van der Waals surface area contributed by atoms with E-state index >= 15 is 0 Å². The lowest BCUT2D eigenvalue weighted by molar-refractivity contribution is 0.0763. The van der Waals surface area contributed by atoms with Gasteiger partial charge in [0.2, 0.25) is 10.0 Å². The van der Waals surface area contributed by atoms with Crippen molar-refractivity contribution in [3.05, 3.63) is 0 Å². The van der Waals surface area contributed by atoms with Crippen molar-refractivity contribution in [3.8, 4) is 0 Å². The van der Waals surface area contributed by atoms with Gasteiger partial charge in [0, 0.05) is 13.1 Å². The lowest BCUT2D eigenvalue weighted by atomic mass is 10.1. The highest BCUT2D eigenvalue weighted by Crippen LogP contribution is 2.22. The molecule has 82 valence electrons. The van der Waals surface area contributed by atoms with Gasteiger partial charge in [-0.25, -0.2) is 8.42 Å². The van der Waals surface area contributed by atoms with Gasteiger partial charge in [0.1, 0.15) is 5.75 Å². The molecule has 1 atom stereocenters. The minimum Gasteiger partial charge on any atom is -0.392 e. The minimum absolute atomic E-state index is 0.0449. The van der Waals surface area contributed by atoms with E-state index in [1.807, 2.05) is 0 Å². The summed E-state index contributed by atoms with van der Waals surface area (Å²) >= 11 is 4.55. The SMILES string of the molecule is CC1(O)CCN(S(=O)(=O)CC(N)=S)C1. The maximum absolute atomic E-state index is 11.6. The van der Waals surface area contributed by atoms with Crippen LogP contribution in [0.3, 0.4) is 0 Å². The van der Waals surface area contributed by atoms with Crippen LogP contribution in [0.4, 0.5) is 0 Å². The van der Waals surface area contributed by atoms with Gasteiger partial charge in [-0.1, -0.05) is 12.2 Å². The Hall–Kier alpha value is -0.240. The van der Waals surface area contributed by atoms with Gasteiger partial charge in [0.25, 0.3) is 0 Å². The Bertz CT molecular complexity index is 337. The smallest absolute Gasteiger partial charge is 0.220 e. The van der Waals surface area contributed by atoms with Crippen molar-refractivity contribution in [3.63, 3.8) is 0 Å². The van der Waals surface area contributed by atoms with Crippen molar-refractivity contribution in [1.29, 1.82) is 0 Å². The molecule has 1 saturated heterocycles. The standard InChI is InChI=1S/C7H14N2O3S2/c1-7(10)2-3-9(5-7)14(11,12)4-6(8)13/h10H,2-5H2,1H3,(H2,8,13). The van der Waals surface area contributed by atoms with Gasteiger partial charge < -0.3 is 10.8 Å². The molecule has 0 amide bonds. The maximum atomic E-state index is 11.6. The Labute approximate surface area is 88.9 Å². The molecule has 1 rings (SSSR count). The van der Waals surface area contributed by atoms with Crippen LogP contribution in [0.2, 0.25) is 0 Å². The zero-order valence-corrected chi connectivity index (χ0v) is 9.57. The molecule has 5 nitrogen and oxygen atoms in total. The Balaban J connectivity index is 2.72. The number of hydrogen-bond acceptors (Lipinski definition) is 4. The third-order valence-corrected chi connectivity index (χ3v) is 4.24. The Morgan fingerprint density at radius 2 is 2.29 bits per heavy atom. The molecular weight excluding hydrogens is 224 g/mol. The highest BCUT2D eigenvalue weighted by molar-refractivity contribution is 7.92. The molecule has 7 heteroatoms. The van der Waals surface area contributed by atoms with E-state index in [0.717, 1.165) is 0 Å². The van der Waals surface area contributed by atoms with Gasteiger partial charge in [-0.2, -0.15) is 4.31 Å². The van der Waals surface area contributed by atoms with E-state index in [2.05, 4.69) is 12.2 Å². The molecule has 0 saturated carbocycles. The average molecular weight is 238 g/mol. The number of nitrogens with zero attached hydrogens (tertiary/aromatic N) is 1. The number of thiocarbonyl (C=S) groups is 1. The molecule has 0 radical (unpaired) electrons. The fraction of sp³-hybridized carbons (Fsp3) is 0.857. The van der Waals surface area contributed by atoms with Crippen molar-refractivity contribution in [1.82, 2.24) is 4.31 Å². The Morgan fingerprint density at radius 3 is 2.64 bits per heavy atom. The van der Waals surface area contributed by atoms with Crippen molar-refractivity contribution in [2.45, 2.75) is 18.9 Å². The fourth-order valence-corrected chi connectivity index (χ4v) is 3.25. The highest BCUT2D eigenvalue weighted by Gasteiger charge is 2.37. The lowest BCUT2D eigenvalue weighted by Gasteiger charge is -2.18. The van der Waals surface area contributed by atoms with Gasteiger partial charge in [-0.3, -0.25) is 0 Å². The van der Waals surface area contributed by atoms with E-state index in [1.54, 1.807) is 6.92 Å². The molecule has 1 fully saturated rings. The van der Waals surface area contributed by atoms with Crippen LogP contribution in [0.15, 0.2) is 0 Å². The zero-order chi connectivity index (χ0) is 11.0. The third kappa shape index (κ3) is 2.88. The van der Waals surface area contributed by atoms with E-state index in [4.69, 9.17) is 5.73 Å². The van der Waals surface area contributed by atoms with Crippen molar-refractivity contribution in [2.75, 3.05) is 18.8 Å². The van der Waals surface area contributed by atoms with Gasteiger partial charge in [-0.05, 0) is 13.3 Å². The van der Waals surface area contributed by atoms with E-state index in [0.29, 0.717) is 13.0 Å². The molecule has 1 heterocycles. The second-order valence-electron chi connectivity index (χ2n) is 3.80. The molecule has 1 aliphatic heterocycles. The fourth-order valence-electron chi connectivity index (χ4n) is 1.41. The summed E-state index contributed by atoms with van der Waals surface area (Å²) in [7, 11) is -3.42. The Morgan fingerprint density at radius 1 is 1.71 bits per heavy atom. The number of β-amino-alcohol motifs (C(OH)–C–C–N with tert-alkyl or cyclic N) is 1. The topological polar surface area (TPSA) is 83.6 Å². The van der Waals surface area contributed by atoms with Crippen LogP contribution in [0.25, 0.3) is 0 Å². The molecule has 0 aromatic heterocycles. The first kappa shape index (κ1) is 11.8. The van der Waals surface area contributed by atoms with Crippen LogP contribution in [0, 0.1) is 0 Å². The predicted molar refractivity (Wildman–Crippen MR) is 57.4 cm³/mol. The molecular formula is C7H14N2O3S2. The number of nitrogens with two attached hydrogens (primary N) is 1. The normalized spacial score (nSPS) is 29.3. The van der Waals surface area contributed by atoms with Gasteiger partial charge in [0.05, 0.1) is 10.6 Å². The van der Waals surface area contributed by atoms with E-state index in [9.17, 15) is 13.5 Å². The number of sulfonamides is 1. The van der Waals surface area contributed by atoms with Crippen LogP contribution in [-0.4, -0.2) is 47.3 Å². The first-order valence-corrected chi connectivity index (χ1v) is 6.23. The van der Waals surface area contributed by atoms with Gasteiger partial charge in [-0.15, -0.1) is 0 Å². The van der Waals surface area contributed by atoms with Crippen LogP contribution in [0.1, 0.15) is 13.3 Å². The summed E-state index contributed by atoms with van der Waals surface area (Å²) < 4.78 is 24.4. The summed E-state index contributed by atoms with van der Waals surface area (Å²) in [5, 5.41) is 9.59. The van der Waals surface area contributed by atoms with Gasteiger partial charge in [0.15, 0.2) is 0 Å². The molecule has 0 aromatic carbocycles. The number of aliphatic hydroxyl groups is 1. The Kier molecular flexibility index (Phi) is 3.15. The quantitative estimate of drug-likeness (QED) is 0.620. The zero-order valence-electron chi connectivity index (χ0n) is 7.93. The first-order chi connectivity index (χ1) is 6.23. The molecule has 0 bridgehead atoms. The monoisotopic (exact) mass is 238 g/mol. The van der Waals surface area contributed by atoms with Crippen LogP contribution in [0.5, 0.6) is 0 Å². The lowest BCUT2D eigenvalue weighted by Crippen LogP contribution is -2.38. The minimum atomic E-state index is -3.42. The summed E-state index contributed by atoms with van der Waals surface area (Å²) in [6.45, 7) is 2.07. The second kappa shape index (κ2) is 3.73. The van der Waals surface area contributed by atoms with Crippen molar-refractivity contribution < 1.29 is 13.5 Å². The maximum Gasteiger partial charge on any atom is 0.220 e. The van der Waals surface area contributed by atoms with Gasteiger partial charge >= 0.3 is 0 Å². The van der Waals surface area contributed by atoms with Crippen molar-refractivity contribution >= 4 is 27.2 Å². The third-order valence-electron chi connectivity index (χ3n) is 2.13. The van der Waals surface area contributed by atoms with Crippen LogP contribution < -0.4 is 5.73 Å². The van der Waals surface area contributed by atoms with Crippen LogP contribution in [-0.2, 0) is 10.0 Å². The van der Waals surface area contributed by atoms with Crippen LogP contribution >= 0.6 is 12.2 Å². The summed E-state index contributed by atoms with van der Waals surface area (Å²) in [4.78, 5) is -0.0449. The molecule has 0 aliphatic carbocycles. The summed E-state index contributed by atoms with van der Waals surface area (Å²) in [6.07, 6.45) is 0.448. The predicted octanol–water partition coefficient (Wildman–Crippen LogP) is -0.941. The molecule has 1 unspecified atom stereocenters. The first-order valence-electron chi connectivity index (χ1n) is 4.21. The summed E-state index contributed by atoms with van der Waals surface area (Å²) in [6, 6.07) is 0. The van der Waals surface area contributed by atoms with E-state index in [-0.39, 0.29) is 17.3 Å². The van der Waals surface area contributed by atoms with Crippen molar-refractivity contribution in [2.24, 2.45) is 5.73 Å². The molecule has 1 aliphatic rings. The van der Waals surface area contributed by atoms with E-state index < -0.39 is 15.6 Å². The molecule has 0 aromatic rings.